The molecule has 0 radical (unpaired) electrons. The zero-order valence-corrected chi connectivity index (χ0v) is 22.9. The number of hydrogen-bond acceptors (Lipinski definition) is 7. The lowest BCUT2D eigenvalue weighted by Gasteiger charge is -2.33. The molecular formula is C25H30F5N3O6S. The van der Waals surface area contributed by atoms with Gasteiger partial charge in [-0.2, -0.15) is 17.5 Å². The first-order chi connectivity index (χ1) is 18.7. The molecule has 0 unspecified atom stereocenters. The summed E-state index contributed by atoms with van der Waals surface area (Å²) < 4.78 is 111. The molecule has 1 atom stereocenters. The van der Waals surface area contributed by atoms with Gasteiger partial charge in [0.2, 0.25) is 21.8 Å². The minimum Gasteiger partial charge on any atom is -0.497 e. The molecule has 1 aliphatic rings. The van der Waals surface area contributed by atoms with Crippen molar-refractivity contribution in [2.45, 2.75) is 50.5 Å². The Morgan fingerprint density at radius 1 is 1.10 bits per heavy atom. The second-order valence-corrected chi connectivity index (χ2v) is 11.2. The van der Waals surface area contributed by atoms with Crippen molar-refractivity contribution in [3.63, 3.8) is 0 Å². The topological polar surface area (TPSA) is 98.3 Å². The SMILES string of the molecule is COc1ccc(CN2CCC(F)(F)C[C@@H](N(Cc3ccc(OC)nc3)S(=O)(=O)CCC(F)(F)F)C2=O)c(OC)c1. The largest absolute Gasteiger partial charge is 0.497 e. The molecule has 0 spiro atoms. The number of methoxy groups -OCH3 is 3. The van der Waals surface area contributed by atoms with E-state index in [0.717, 1.165) is 4.90 Å². The highest BCUT2D eigenvalue weighted by Crippen LogP contribution is 2.35. The summed E-state index contributed by atoms with van der Waals surface area (Å²) in [6.07, 6.45) is -7.30. The first kappa shape index (κ1) is 31.3. The number of carbonyl (C=O) groups excluding carboxylic acids is 1. The summed E-state index contributed by atoms with van der Waals surface area (Å²) in [6, 6.07) is 5.48. The Hall–Kier alpha value is -3.20. The van der Waals surface area contributed by atoms with Crippen LogP contribution in [0.3, 0.4) is 0 Å². The molecule has 1 fully saturated rings. The van der Waals surface area contributed by atoms with Crippen molar-refractivity contribution in [1.82, 2.24) is 14.2 Å². The van der Waals surface area contributed by atoms with Crippen LogP contribution >= 0.6 is 0 Å². The van der Waals surface area contributed by atoms with Gasteiger partial charge in [-0.3, -0.25) is 4.79 Å². The zero-order valence-electron chi connectivity index (χ0n) is 22.1. The molecule has 0 aliphatic carbocycles. The van der Waals surface area contributed by atoms with Crippen LogP contribution < -0.4 is 14.2 Å². The summed E-state index contributed by atoms with van der Waals surface area (Å²) in [7, 11) is -0.704. The van der Waals surface area contributed by atoms with Crippen LogP contribution in [-0.4, -0.2) is 80.3 Å². The van der Waals surface area contributed by atoms with Crippen LogP contribution in [-0.2, 0) is 27.9 Å². The Kier molecular flexibility index (Phi) is 9.82. The van der Waals surface area contributed by atoms with Gasteiger partial charge in [-0.05, 0) is 17.7 Å². The normalized spacial score (nSPS) is 18.0. The van der Waals surface area contributed by atoms with Crippen molar-refractivity contribution in [2.24, 2.45) is 0 Å². The predicted octanol–water partition coefficient (Wildman–Crippen LogP) is 4.02. The average molecular weight is 596 g/mol. The molecule has 1 saturated heterocycles. The Morgan fingerprint density at radius 3 is 2.40 bits per heavy atom. The predicted molar refractivity (Wildman–Crippen MR) is 134 cm³/mol. The van der Waals surface area contributed by atoms with E-state index in [2.05, 4.69) is 4.98 Å². The molecule has 0 saturated carbocycles. The van der Waals surface area contributed by atoms with E-state index >= 15 is 0 Å². The van der Waals surface area contributed by atoms with Gasteiger partial charge in [0.05, 0.1) is 33.5 Å². The Labute approximate surface area is 228 Å². The van der Waals surface area contributed by atoms with E-state index < -0.39 is 72.2 Å². The second-order valence-electron chi connectivity index (χ2n) is 9.20. The third-order valence-corrected chi connectivity index (χ3v) is 8.20. The van der Waals surface area contributed by atoms with Gasteiger partial charge in [0.1, 0.15) is 17.5 Å². The minimum absolute atomic E-state index is 0.167. The van der Waals surface area contributed by atoms with E-state index in [4.69, 9.17) is 14.2 Å². The maximum Gasteiger partial charge on any atom is 0.390 e. The molecule has 2 heterocycles. The molecule has 9 nitrogen and oxygen atoms in total. The zero-order chi connectivity index (χ0) is 29.7. The number of alkyl halides is 5. The number of amides is 1. The third kappa shape index (κ3) is 8.16. The average Bonchev–Trinajstić information content (AvgIpc) is 3.01. The van der Waals surface area contributed by atoms with E-state index in [0.29, 0.717) is 21.4 Å². The summed E-state index contributed by atoms with van der Waals surface area (Å²) >= 11 is 0. The molecular weight excluding hydrogens is 565 g/mol. The number of aromatic nitrogens is 1. The van der Waals surface area contributed by atoms with Crippen LogP contribution in [0.25, 0.3) is 0 Å². The lowest BCUT2D eigenvalue weighted by Crippen LogP contribution is -2.51. The number of carbonyl (C=O) groups is 1. The highest BCUT2D eigenvalue weighted by molar-refractivity contribution is 7.89. The summed E-state index contributed by atoms with van der Waals surface area (Å²) in [5.41, 5.74) is 0.603. The molecule has 15 heteroatoms. The maximum atomic E-state index is 15.0. The number of sulfonamides is 1. The van der Waals surface area contributed by atoms with Crippen LogP contribution in [0.5, 0.6) is 17.4 Å². The van der Waals surface area contributed by atoms with Crippen molar-refractivity contribution in [2.75, 3.05) is 33.6 Å². The number of halogens is 5. The molecule has 2 aromatic rings. The van der Waals surface area contributed by atoms with Crippen LogP contribution in [0, 0.1) is 0 Å². The molecule has 222 valence electrons. The maximum absolute atomic E-state index is 15.0. The summed E-state index contributed by atoms with van der Waals surface area (Å²) in [4.78, 5) is 18.7. The van der Waals surface area contributed by atoms with Gasteiger partial charge in [-0.25, -0.2) is 22.2 Å². The van der Waals surface area contributed by atoms with Crippen LogP contribution in [0.2, 0.25) is 0 Å². The molecule has 40 heavy (non-hydrogen) atoms. The van der Waals surface area contributed by atoms with Crippen molar-refractivity contribution in [3.05, 3.63) is 47.7 Å². The molecule has 1 aromatic heterocycles. The van der Waals surface area contributed by atoms with Crippen molar-refractivity contribution >= 4 is 15.9 Å². The Morgan fingerprint density at radius 2 is 1.82 bits per heavy atom. The number of likely N-dealkylation sites (tertiary alicyclic amines) is 1. The molecule has 1 aromatic carbocycles. The summed E-state index contributed by atoms with van der Waals surface area (Å²) in [5, 5.41) is 0. The Balaban J connectivity index is 2.02. The number of nitrogens with zero attached hydrogens (tertiary/aromatic N) is 3. The molecule has 1 amide bonds. The number of benzene rings is 1. The lowest BCUT2D eigenvalue weighted by atomic mass is 10.1. The van der Waals surface area contributed by atoms with E-state index in [1.807, 2.05) is 0 Å². The Bertz CT molecular complexity index is 1270. The minimum atomic E-state index is -4.85. The fourth-order valence-electron chi connectivity index (χ4n) is 4.23. The van der Waals surface area contributed by atoms with Gasteiger partial charge in [-0.15, -0.1) is 0 Å². The summed E-state index contributed by atoms with van der Waals surface area (Å²) in [5.74, 6) is -4.93. The lowest BCUT2D eigenvalue weighted by molar-refractivity contribution is -0.136. The fourth-order valence-corrected chi connectivity index (χ4v) is 5.85. The smallest absolute Gasteiger partial charge is 0.390 e. The van der Waals surface area contributed by atoms with Crippen LogP contribution in [0.15, 0.2) is 36.5 Å². The van der Waals surface area contributed by atoms with E-state index in [1.165, 1.54) is 45.7 Å². The summed E-state index contributed by atoms with van der Waals surface area (Å²) in [6.45, 7) is -1.28. The number of ether oxygens (including phenoxy) is 3. The van der Waals surface area contributed by atoms with E-state index in [1.54, 1.807) is 12.1 Å². The van der Waals surface area contributed by atoms with Gasteiger partial charge in [-0.1, -0.05) is 6.07 Å². The van der Waals surface area contributed by atoms with Crippen molar-refractivity contribution in [1.29, 1.82) is 0 Å². The monoisotopic (exact) mass is 595 g/mol. The van der Waals surface area contributed by atoms with Gasteiger partial charge in [0.25, 0.3) is 5.92 Å². The fraction of sp³-hybridized carbons (Fsp3) is 0.520. The van der Waals surface area contributed by atoms with Gasteiger partial charge < -0.3 is 19.1 Å². The van der Waals surface area contributed by atoms with Crippen LogP contribution in [0.4, 0.5) is 22.0 Å². The molecule has 0 N–H and O–H groups in total. The molecule has 0 bridgehead atoms. The van der Waals surface area contributed by atoms with E-state index in [-0.39, 0.29) is 18.0 Å². The number of rotatable bonds is 11. The van der Waals surface area contributed by atoms with Gasteiger partial charge in [0.15, 0.2) is 0 Å². The van der Waals surface area contributed by atoms with Gasteiger partial charge in [0, 0.05) is 56.4 Å². The third-order valence-electron chi connectivity index (χ3n) is 6.39. The number of hydrogen-bond donors (Lipinski definition) is 0. The number of pyridine rings is 1. The van der Waals surface area contributed by atoms with Crippen LogP contribution in [0.1, 0.15) is 30.4 Å². The van der Waals surface area contributed by atoms with Gasteiger partial charge >= 0.3 is 6.18 Å². The first-order valence-corrected chi connectivity index (χ1v) is 13.7. The van der Waals surface area contributed by atoms with Crippen molar-refractivity contribution < 1.29 is 49.4 Å². The highest BCUT2D eigenvalue weighted by atomic mass is 32.2. The quantitative estimate of drug-likeness (QED) is 0.362. The van der Waals surface area contributed by atoms with E-state index in [9.17, 15) is 35.2 Å². The standard InChI is InChI=1S/C25H30F5N3O6S/c1-37-19-6-5-18(21(12-19)38-2)16-32-10-8-24(26,27)13-20(23(32)34)33(40(35,36)11-9-25(28,29)30)15-17-4-7-22(39-3)31-14-17/h4-7,12,14,20H,8-11,13,15-16H2,1-3H3/t20-/m1/s1. The first-order valence-electron chi connectivity index (χ1n) is 12.1. The highest BCUT2D eigenvalue weighted by Gasteiger charge is 2.47. The molecule has 3 rings (SSSR count). The van der Waals surface area contributed by atoms with Crippen molar-refractivity contribution in [3.8, 4) is 17.4 Å². The second kappa shape index (κ2) is 12.5. The molecule has 1 aliphatic heterocycles.